The maximum Gasteiger partial charge on any atom is 0.233 e. The lowest BCUT2D eigenvalue weighted by Gasteiger charge is -2.30. The van der Waals surface area contributed by atoms with Gasteiger partial charge in [0.25, 0.3) is 0 Å². The van der Waals surface area contributed by atoms with Crippen molar-refractivity contribution in [2.75, 3.05) is 25.4 Å². The highest BCUT2D eigenvalue weighted by atomic mass is 32.2. The standard InChI is InChI=1S/C19H21N5O3S2/c1-2-23(10-14-12-26-16-7-3-4-8-17(16)27-14)18(25)13-29-19-20-21-22-24(19)11-15-6-5-9-28-15/h3-9,14H,2,10-13H2,1H3/t14-/m1/s1. The predicted molar refractivity (Wildman–Crippen MR) is 111 cm³/mol. The van der Waals surface area contributed by atoms with E-state index in [1.54, 1.807) is 20.9 Å². The molecule has 0 bridgehead atoms. The summed E-state index contributed by atoms with van der Waals surface area (Å²) in [5.41, 5.74) is 0. The van der Waals surface area contributed by atoms with Gasteiger partial charge in [-0.25, -0.2) is 4.68 Å². The average Bonchev–Trinajstić information content (AvgIpc) is 3.42. The van der Waals surface area contributed by atoms with Gasteiger partial charge in [0.1, 0.15) is 6.61 Å². The van der Waals surface area contributed by atoms with E-state index in [2.05, 4.69) is 15.5 Å². The number of fused-ring (bicyclic) bond motifs is 1. The Morgan fingerprint density at radius 1 is 1.31 bits per heavy atom. The van der Waals surface area contributed by atoms with Crippen molar-refractivity contribution in [1.29, 1.82) is 0 Å². The molecule has 4 rings (SSSR count). The van der Waals surface area contributed by atoms with Crippen LogP contribution in [0.1, 0.15) is 11.8 Å². The van der Waals surface area contributed by atoms with E-state index in [1.165, 1.54) is 11.8 Å². The highest BCUT2D eigenvalue weighted by Gasteiger charge is 2.25. The second-order valence-electron chi connectivity index (χ2n) is 6.42. The molecule has 0 N–H and O–H groups in total. The van der Waals surface area contributed by atoms with E-state index in [0.29, 0.717) is 31.4 Å². The lowest BCUT2D eigenvalue weighted by Crippen LogP contribution is -2.44. The maximum absolute atomic E-state index is 12.7. The number of amides is 1. The van der Waals surface area contributed by atoms with E-state index >= 15 is 0 Å². The van der Waals surface area contributed by atoms with Gasteiger partial charge in [-0.1, -0.05) is 30.0 Å². The van der Waals surface area contributed by atoms with Crippen LogP contribution in [0, 0.1) is 0 Å². The van der Waals surface area contributed by atoms with Crippen LogP contribution in [0.5, 0.6) is 11.5 Å². The molecule has 0 aliphatic carbocycles. The zero-order valence-corrected chi connectivity index (χ0v) is 17.6. The fourth-order valence-corrected chi connectivity index (χ4v) is 4.44. The van der Waals surface area contributed by atoms with Crippen molar-refractivity contribution in [1.82, 2.24) is 25.1 Å². The van der Waals surface area contributed by atoms with Crippen LogP contribution in [0.2, 0.25) is 0 Å². The molecule has 152 valence electrons. The number of thioether (sulfide) groups is 1. The number of benzene rings is 1. The first-order chi connectivity index (χ1) is 14.2. The normalized spacial score (nSPS) is 15.3. The Labute approximate surface area is 176 Å². The SMILES string of the molecule is CCN(C[C@@H]1COc2ccccc2O1)C(=O)CSc1nnnn1Cc1cccs1. The first-order valence-electron chi connectivity index (χ1n) is 9.30. The lowest BCUT2D eigenvalue weighted by molar-refractivity contribution is -0.129. The summed E-state index contributed by atoms with van der Waals surface area (Å²) in [7, 11) is 0. The van der Waals surface area contributed by atoms with Crippen molar-refractivity contribution in [2.45, 2.75) is 24.7 Å². The quantitative estimate of drug-likeness (QED) is 0.507. The molecule has 1 aliphatic heterocycles. The number of hydrogen-bond donors (Lipinski definition) is 0. The van der Waals surface area contributed by atoms with Gasteiger partial charge in [-0.3, -0.25) is 4.79 Å². The Bertz CT molecular complexity index is 947. The highest BCUT2D eigenvalue weighted by molar-refractivity contribution is 7.99. The highest BCUT2D eigenvalue weighted by Crippen LogP contribution is 2.31. The first-order valence-corrected chi connectivity index (χ1v) is 11.2. The molecule has 0 saturated carbocycles. The molecular weight excluding hydrogens is 410 g/mol. The van der Waals surface area contributed by atoms with E-state index < -0.39 is 0 Å². The van der Waals surface area contributed by atoms with Gasteiger partial charge in [0.15, 0.2) is 17.6 Å². The largest absolute Gasteiger partial charge is 0.486 e. The predicted octanol–water partition coefficient (Wildman–Crippen LogP) is 2.56. The zero-order chi connectivity index (χ0) is 20.1. The van der Waals surface area contributed by atoms with Crippen LogP contribution in [0.15, 0.2) is 46.9 Å². The minimum absolute atomic E-state index is 0.0191. The molecule has 3 heterocycles. The van der Waals surface area contributed by atoms with Crippen molar-refractivity contribution in [3.63, 3.8) is 0 Å². The van der Waals surface area contributed by atoms with Crippen LogP contribution in [-0.4, -0.2) is 62.6 Å². The molecular formula is C19H21N5O3S2. The second-order valence-corrected chi connectivity index (χ2v) is 8.39. The van der Waals surface area contributed by atoms with Gasteiger partial charge in [0.2, 0.25) is 11.1 Å². The summed E-state index contributed by atoms with van der Waals surface area (Å²) in [4.78, 5) is 15.7. The van der Waals surface area contributed by atoms with Crippen LogP contribution in [0.3, 0.4) is 0 Å². The number of thiophene rings is 1. The average molecular weight is 432 g/mol. The summed E-state index contributed by atoms with van der Waals surface area (Å²) in [6.07, 6.45) is -0.192. The molecule has 1 aliphatic rings. The molecule has 0 unspecified atom stereocenters. The molecule has 1 amide bonds. The molecule has 1 atom stereocenters. The monoisotopic (exact) mass is 431 g/mol. The van der Waals surface area contributed by atoms with E-state index in [4.69, 9.17) is 9.47 Å². The van der Waals surface area contributed by atoms with Gasteiger partial charge in [-0.2, -0.15) is 0 Å². The molecule has 0 spiro atoms. The van der Waals surface area contributed by atoms with Gasteiger partial charge in [-0.05, 0) is 40.9 Å². The number of rotatable bonds is 8. The third-order valence-corrected chi connectivity index (χ3v) is 6.24. The Kier molecular flexibility index (Phi) is 6.30. The smallest absolute Gasteiger partial charge is 0.233 e. The van der Waals surface area contributed by atoms with Crippen molar-refractivity contribution < 1.29 is 14.3 Å². The lowest BCUT2D eigenvalue weighted by atomic mass is 10.2. The fourth-order valence-electron chi connectivity index (χ4n) is 2.97. The van der Waals surface area contributed by atoms with Gasteiger partial charge in [0, 0.05) is 11.4 Å². The summed E-state index contributed by atoms with van der Waals surface area (Å²) in [5, 5.41) is 14.5. The minimum Gasteiger partial charge on any atom is -0.486 e. The van der Waals surface area contributed by atoms with E-state index in [1.807, 2.05) is 48.7 Å². The topological polar surface area (TPSA) is 82.4 Å². The number of nitrogens with zero attached hydrogens (tertiary/aromatic N) is 5. The summed E-state index contributed by atoms with van der Waals surface area (Å²) in [5.74, 6) is 1.74. The molecule has 2 aromatic heterocycles. The van der Waals surface area contributed by atoms with Crippen LogP contribution in [0.25, 0.3) is 0 Å². The molecule has 1 aromatic carbocycles. The van der Waals surface area contributed by atoms with E-state index in [-0.39, 0.29) is 17.8 Å². The summed E-state index contributed by atoms with van der Waals surface area (Å²) in [6.45, 7) is 4.06. The van der Waals surface area contributed by atoms with Gasteiger partial charge >= 0.3 is 0 Å². The fraction of sp³-hybridized carbons (Fsp3) is 0.368. The number of likely N-dealkylation sites (N-methyl/N-ethyl adjacent to an activating group) is 1. The number of aromatic nitrogens is 4. The van der Waals surface area contributed by atoms with Gasteiger partial charge in [-0.15, -0.1) is 16.4 Å². The number of carbonyl (C=O) groups is 1. The molecule has 0 fully saturated rings. The molecule has 0 radical (unpaired) electrons. The number of hydrogen-bond acceptors (Lipinski definition) is 8. The van der Waals surface area contributed by atoms with Crippen molar-refractivity contribution >= 4 is 29.0 Å². The number of tetrazole rings is 1. The summed E-state index contributed by atoms with van der Waals surface area (Å²) in [6, 6.07) is 11.6. The Morgan fingerprint density at radius 3 is 2.97 bits per heavy atom. The Balaban J connectivity index is 1.31. The number of para-hydroxylation sites is 2. The van der Waals surface area contributed by atoms with Crippen molar-refractivity contribution in [3.05, 3.63) is 46.7 Å². The Hall–Kier alpha value is -2.59. The third-order valence-electron chi connectivity index (χ3n) is 4.44. The summed E-state index contributed by atoms with van der Waals surface area (Å²) >= 11 is 3.00. The summed E-state index contributed by atoms with van der Waals surface area (Å²) < 4.78 is 13.4. The third kappa shape index (κ3) is 4.88. The molecule has 10 heteroatoms. The molecule has 8 nitrogen and oxygen atoms in total. The zero-order valence-electron chi connectivity index (χ0n) is 15.9. The van der Waals surface area contributed by atoms with Gasteiger partial charge in [0.05, 0.1) is 18.8 Å². The Morgan fingerprint density at radius 2 is 2.17 bits per heavy atom. The van der Waals surface area contributed by atoms with Gasteiger partial charge < -0.3 is 14.4 Å². The van der Waals surface area contributed by atoms with Crippen molar-refractivity contribution in [2.24, 2.45) is 0 Å². The van der Waals surface area contributed by atoms with Crippen molar-refractivity contribution in [3.8, 4) is 11.5 Å². The van der Waals surface area contributed by atoms with Crippen LogP contribution in [-0.2, 0) is 11.3 Å². The van der Waals surface area contributed by atoms with Crippen LogP contribution >= 0.6 is 23.1 Å². The molecule has 3 aromatic rings. The van der Waals surface area contributed by atoms with E-state index in [0.717, 1.165) is 16.4 Å². The maximum atomic E-state index is 12.7. The van der Waals surface area contributed by atoms with Crippen LogP contribution < -0.4 is 9.47 Å². The second kappa shape index (κ2) is 9.27. The minimum atomic E-state index is -0.192. The van der Waals surface area contributed by atoms with E-state index in [9.17, 15) is 4.79 Å². The van der Waals surface area contributed by atoms with Crippen LogP contribution in [0.4, 0.5) is 0 Å². The first kappa shape index (κ1) is 19.7. The number of carbonyl (C=O) groups excluding carboxylic acids is 1. The number of ether oxygens (including phenoxy) is 2. The molecule has 0 saturated heterocycles. The molecule has 29 heavy (non-hydrogen) atoms.